The number of rotatable bonds is 6. The number of likely N-dealkylation sites (N-methyl/N-ethyl adjacent to an activating group) is 1. The van der Waals surface area contributed by atoms with E-state index >= 15 is 0 Å². The van der Waals surface area contributed by atoms with Crippen LogP contribution in [0.15, 0.2) is 53.4 Å². The second-order valence-electron chi connectivity index (χ2n) is 6.62. The lowest BCUT2D eigenvalue weighted by Gasteiger charge is -2.23. The topological polar surface area (TPSA) is 76.4 Å². The lowest BCUT2D eigenvalue weighted by atomic mass is 10.2. The Labute approximate surface area is 169 Å². The first-order valence-electron chi connectivity index (χ1n) is 8.98. The van der Waals surface area contributed by atoms with Crippen LogP contribution in [0, 0.1) is 11.3 Å². The number of anilines is 2. The fourth-order valence-electron chi connectivity index (χ4n) is 3.32. The molecule has 6 nitrogen and oxygen atoms in total. The van der Waals surface area contributed by atoms with E-state index in [1.807, 2.05) is 30.5 Å². The van der Waals surface area contributed by atoms with Crippen molar-refractivity contribution >= 4 is 35.0 Å². The van der Waals surface area contributed by atoms with Crippen LogP contribution in [0.1, 0.15) is 12.0 Å². The van der Waals surface area contributed by atoms with Crippen LogP contribution >= 0.6 is 11.8 Å². The van der Waals surface area contributed by atoms with E-state index in [1.165, 1.54) is 0 Å². The highest BCUT2D eigenvalue weighted by atomic mass is 32.2. The molecule has 28 heavy (non-hydrogen) atoms. The number of nitrogens with zero attached hydrogens (tertiary/aromatic N) is 3. The third-order valence-corrected chi connectivity index (χ3v) is 5.59. The van der Waals surface area contributed by atoms with Crippen molar-refractivity contribution in [2.24, 2.45) is 0 Å². The van der Waals surface area contributed by atoms with Crippen LogP contribution < -0.4 is 10.2 Å². The van der Waals surface area contributed by atoms with Gasteiger partial charge in [0.05, 0.1) is 29.9 Å². The van der Waals surface area contributed by atoms with Crippen LogP contribution in [0.5, 0.6) is 0 Å². The van der Waals surface area contributed by atoms with Crippen LogP contribution in [0.25, 0.3) is 0 Å². The van der Waals surface area contributed by atoms with E-state index in [0.717, 1.165) is 16.3 Å². The van der Waals surface area contributed by atoms with Crippen molar-refractivity contribution in [3.05, 3.63) is 54.1 Å². The van der Waals surface area contributed by atoms with Gasteiger partial charge in [-0.2, -0.15) is 5.26 Å². The standard InChI is InChI=1S/C21H22N4O2S/c1-24(14-20(26)23-17-5-3-4-6-19(17)28-2)18-11-12-25(21(18)27)16-9-7-15(13-22)8-10-16/h3-10,18H,11-12,14H2,1-2H3,(H,23,26). The molecule has 1 aliphatic rings. The first kappa shape index (κ1) is 19.9. The molecule has 1 saturated heterocycles. The quantitative estimate of drug-likeness (QED) is 0.763. The van der Waals surface area contributed by atoms with E-state index in [9.17, 15) is 9.59 Å². The molecule has 0 spiro atoms. The Morgan fingerprint density at radius 2 is 2.00 bits per heavy atom. The molecule has 144 valence electrons. The van der Waals surface area contributed by atoms with E-state index in [1.54, 1.807) is 52.9 Å². The SMILES string of the molecule is CSc1ccccc1NC(=O)CN(C)C1CCN(c2ccc(C#N)cc2)C1=O. The Bertz CT molecular complexity index is 907. The van der Waals surface area contributed by atoms with E-state index in [-0.39, 0.29) is 24.4 Å². The molecule has 2 aromatic carbocycles. The van der Waals surface area contributed by atoms with Gasteiger partial charge in [-0.3, -0.25) is 14.5 Å². The van der Waals surface area contributed by atoms with Gasteiger partial charge in [0.2, 0.25) is 11.8 Å². The van der Waals surface area contributed by atoms with Gasteiger partial charge >= 0.3 is 0 Å². The van der Waals surface area contributed by atoms with Crippen molar-refractivity contribution in [3.63, 3.8) is 0 Å². The molecule has 0 radical (unpaired) electrons. The van der Waals surface area contributed by atoms with Gasteiger partial charge in [0.25, 0.3) is 0 Å². The molecule has 1 atom stereocenters. The number of nitrogens with one attached hydrogen (secondary N) is 1. The summed E-state index contributed by atoms with van der Waals surface area (Å²) in [5.41, 5.74) is 2.12. The minimum absolute atomic E-state index is 0.0236. The number of carbonyl (C=O) groups excluding carboxylic acids is 2. The zero-order valence-electron chi connectivity index (χ0n) is 15.9. The van der Waals surface area contributed by atoms with E-state index in [4.69, 9.17) is 5.26 Å². The van der Waals surface area contributed by atoms with E-state index in [2.05, 4.69) is 11.4 Å². The minimum Gasteiger partial charge on any atom is -0.324 e. The molecule has 0 aromatic heterocycles. The molecule has 2 amide bonds. The molecule has 1 unspecified atom stereocenters. The van der Waals surface area contributed by atoms with Gasteiger partial charge in [0.15, 0.2) is 0 Å². The largest absolute Gasteiger partial charge is 0.324 e. The maximum Gasteiger partial charge on any atom is 0.244 e. The summed E-state index contributed by atoms with van der Waals surface area (Å²) in [5, 5.41) is 11.8. The van der Waals surface area contributed by atoms with Crippen molar-refractivity contribution in [1.29, 1.82) is 5.26 Å². The van der Waals surface area contributed by atoms with Crippen molar-refractivity contribution in [1.82, 2.24) is 4.90 Å². The Morgan fingerprint density at radius 1 is 1.29 bits per heavy atom. The third-order valence-electron chi connectivity index (χ3n) is 4.79. The lowest BCUT2D eigenvalue weighted by molar-refractivity contribution is -0.123. The zero-order chi connectivity index (χ0) is 20.1. The van der Waals surface area contributed by atoms with Crippen molar-refractivity contribution in [2.75, 3.05) is 36.6 Å². The highest BCUT2D eigenvalue weighted by molar-refractivity contribution is 7.98. The molecule has 1 heterocycles. The van der Waals surface area contributed by atoms with Crippen molar-refractivity contribution < 1.29 is 9.59 Å². The number of hydrogen-bond donors (Lipinski definition) is 1. The second kappa shape index (κ2) is 8.91. The highest BCUT2D eigenvalue weighted by Crippen LogP contribution is 2.26. The molecule has 0 bridgehead atoms. The average molecular weight is 395 g/mol. The maximum absolute atomic E-state index is 12.8. The molecule has 0 saturated carbocycles. The van der Waals surface area contributed by atoms with Gasteiger partial charge < -0.3 is 10.2 Å². The Kier molecular flexibility index (Phi) is 6.34. The lowest BCUT2D eigenvalue weighted by Crippen LogP contribution is -2.43. The van der Waals surface area contributed by atoms with E-state index in [0.29, 0.717) is 18.5 Å². The van der Waals surface area contributed by atoms with Crippen LogP contribution in [0.4, 0.5) is 11.4 Å². The molecule has 2 aromatic rings. The number of benzene rings is 2. The molecule has 3 rings (SSSR count). The number of thioether (sulfide) groups is 1. The minimum atomic E-state index is -0.336. The predicted molar refractivity (Wildman–Crippen MR) is 111 cm³/mol. The molecular formula is C21H22N4O2S. The van der Waals surface area contributed by atoms with E-state index < -0.39 is 0 Å². The summed E-state index contributed by atoms with van der Waals surface area (Å²) < 4.78 is 0. The Hall–Kier alpha value is -2.82. The van der Waals surface area contributed by atoms with Gasteiger partial charge in [0.1, 0.15) is 0 Å². The molecule has 1 N–H and O–H groups in total. The zero-order valence-corrected chi connectivity index (χ0v) is 16.7. The fourth-order valence-corrected chi connectivity index (χ4v) is 3.87. The molecular weight excluding hydrogens is 372 g/mol. The summed E-state index contributed by atoms with van der Waals surface area (Å²) in [6.07, 6.45) is 2.62. The van der Waals surface area contributed by atoms with Crippen LogP contribution in [-0.4, -0.2) is 49.1 Å². The van der Waals surface area contributed by atoms with Gasteiger partial charge in [-0.25, -0.2) is 0 Å². The first-order valence-corrected chi connectivity index (χ1v) is 10.2. The normalized spacial score (nSPS) is 16.3. The maximum atomic E-state index is 12.8. The summed E-state index contributed by atoms with van der Waals surface area (Å²) in [4.78, 5) is 29.8. The molecule has 0 aliphatic carbocycles. The summed E-state index contributed by atoms with van der Waals surface area (Å²) in [7, 11) is 1.80. The van der Waals surface area contributed by atoms with Crippen LogP contribution in [0.3, 0.4) is 0 Å². The third kappa shape index (κ3) is 4.35. The fraction of sp³-hybridized carbons (Fsp3) is 0.286. The molecule has 1 fully saturated rings. The monoisotopic (exact) mass is 394 g/mol. The number of para-hydroxylation sites is 1. The van der Waals surface area contributed by atoms with Gasteiger partial charge in [0, 0.05) is 17.1 Å². The van der Waals surface area contributed by atoms with Crippen LogP contribution in [0.2, 0.25) is 0 Å². The Morgan fingerprint density at radius 3 is 2.68 bits per heavy atom. The summed E-state index contributed by atoms with van der Waals surface area (Å²) in [5.74, 6) is -0.168. The van der Waals surface area contributed by atoms with Crippen molar-refractivity contribution in [2.45, 2.75) is 17.4 Å². The number of hydrogen-bond acceptors (Lipinski definition) is 5. The summed E-state index contributed by atoms with van der Waals surface area (Å²) in [6.45, 7) is 0.733. The average Bonchev–Trinajstić information content (AvgIpc) is 3.10. The smallest absolute Gasteiger partial charge is 0.244 e. The van der Waals surface area contributed by atoms with Gasteiger partial charge in [-0.15, -0.1) is 11.8 Å². The molecule has 1 aliphatic heterocycles. The van der Waals surface area contributed by atoms with Crippen LogP contribution in [-0.2, 0) is 9.59 Å². The Balaban J connectivity index is 1.61. The molecule has 7 heteroatoms. The first-order chi connectivity index (χ1) is 13.5. The van der Waals surface area contributed by atoms with Gasteiger partial charge in [-0.1, -0.05) is 12.1 Å². The van der Waals surface area contributed by atoms with Gasteiger partial charge in [-0.05, 0) is 56.1 Å². The predicted octanol–water partition coefficient (Wildman–Crippen LogP) is 2.96. The highest BCUT2D eigenvalue weighted by Gasteiger charge is 2.35. The number of carbonyl (C=O) groups is 2. The van der Waals surface area contributed by atoms with Crippen molar-refractivity contribution in [3.8, 4) is 6.07 Å². The summed E-state index contributed by atoms with van der Waals surface area (Å²) >= 11 is 1.57. The number of nitriles is 1. The summed E-state index contributed by atoms with van der Waals surface area (Å²) in [6, 6.07) is 16.4. The second-order valence-corrected chi connectivity index (χ2v) is 7.46. The number of amides is 2.